The average molecular weight is 311 g/mol. The first kappa shape index (κ1) is 17.0. The molecule has 0 fully saturated rings. The molecule has 1 heterocycles. The van der Waals surface area contributed by atoms with Gasteiger partial charge >= 0.3 is 6.18 Å². The molecule has 0 saturated heterocycles. The Balaban J connectivity index is 2.76. The highest BCUT2D eigenvalue weighted by Crippen LogP contribution is 2.32. The molecule has 0 saturated carbocycles. The van der Waals surface area contributed by atoms with E-state index in [1.54, 1.807) is 7.11 Å². The van der Waals surface area contributed by atoms with Crippen LogP contribution >= 0.6 is 11.6 Å². The molecule has 0 aliphatic heterocycles. The molecule has 0 spiro atoms. The highest BCUT2D eigenvalue weighted by molar-refractivity contribution is 6.29. The van der Waals surface area contributed by atoms with Crippen molar-refractivity contribution in [2.24, 2.45) is 5.41 Å². The predicted octanol–water partition coefficient (Wildman–Crippen LogP) is 4.23. The number of methoxy groups -OCH3 is 1. The maximum absolute atomic E-state index is 12.7. The Morgan fingerprint density at radius 3 is 2.50 bits per heavy atom. The standard InChI is InChI=1S/C13H18ClF3N2O/c1-12(2,4-5-20-3)8-18-11-7-9(13(15,16)17)6-10(14)19-11/h6-7H,4-5,8H2,1-3H3,(H,18,19). The number of hydrogen-bond acceptors (Lipinski definition) is 3. The van der Waals surface area contributed by atoms with Crippen LogP contribution in [0.3, 0.4) is 0 Å². The molecule has 20 heavy (non-hydrogen) atoms. The molecule has 1 aromatic heterocycles. The Morgan fingerprint density at radius 2 is 1.95 bits per heavy atom. The smallest absolute Gasteiger partial charge is 0.385 e. The predicted molar refractivity (Wildman–Crippen MR) is 73.0 cm³/mol. The Bertz CT molecular complexity index is 450. The molecule has 114 valence electrons. The van der Waals surface area contributed by atoms with Gasteiger partial charge in [-0.25, -0.2) is 4.98 Å². The minimum absolute atomic E-state index is 0.121. The lowest BCUT2D eigenvalue weighted by molar-refractivity contribution is -0.137. The third kappa shape index (κ3) is 5.54. The van der Waals surface area contributed by atoms with E-state index in [9.17, 15) is 13.2 Å². The van der Waals surface area contributed by atoms with Crippen molar-refractivity contribution >= 4 is 17.4 Å². The van der Waals surface area contributed by atoms with Crippen LogP contribution in [0.2, 0.25) is 5.15 Å². The number of nitrogens with zero attached hydrogens (tertiary/aromatic N) is 1. The van der Waals surface area contributed by atoms with Gasteiger partial charge < -0.3 is 10.1 Å². The minimum atomic E-state index is -4.44. The van der Waals surface area contributed by atoms with E-state index in [0.717, 1.165) is 18.6 Å². The summed E-state index contributed by atoms with van der Waals surface area (Å²) in [6, 6.07) is 1.76. The number of nitrogens with one attached hydrogen (secondary N) is 1. The van der Waals surface area contributed by atoms with E-state index in [-0.39, 0.29) is 16.4 Å². The third-order valence-electron chi connectivity index (χ3n) is 2.85. The first-order valence-corrected chi connectivity index (χ1v) is 6.49. The van der Waals surface area contributed by atoms with E-state index in [2.05, 4.69) is 10.3 Å². The van der Waals surface area contributed by atoms with Crippen LogP contribution < -0.4 is 5.32 Å². The topological polar surface area (TPSA) is 34.1 Å². The van der Waals surface area contributed by atoms with E-state index < -0.39 is 11.7 Å². The van der Waals surface area contributed by atoms with Gasteiger partial charge in [0.25, 0.3) is 0 Å². The number of aromatic nitrogens is 1. The summed E-state index contributed by atoms with van der Waals surface area (Å²) in [5.74, 6) is 0.121. The molecule has 0 unspecified atom stereocenters. The Kier molecular flexibility index (Phi) is 5.65. The zero-order chi connectivity index (χ0) is 15.4. The monoisotopic (exact) mass is 310 g/mol. The van der Waals surface area contributed by atoms with Crippen molar-refractivity contribution in [1.29, 1.82) is 0 Å². The second-order valence-corrected chi connectivity index (χ2v) is 5.71. The molecule has 3 nitrogen and oxygen atoms in total. The fourth-order valence-electron chi connectivity index (χ4n) is 1.55. The summed E-state index contributed by atoms with van der Waals surface area (Å²) >= 11 is 5.62. The van der Waals surface area contributed by atoms with E-state index in [1.807, 2.05) is 13.8 Å². The quantitative estimate of drug-likeness (QED) is 0.798. The summed E-state index contributed by atoms with van der Waals surface area (Å²) in [7, 11) is 1.61. The molecule has 1 N–H and O–H groups in total. The van der Waals surface area contributed by atoms with Gasteiger partial charge in [-0.2, -0.15) is 13.2 Å². The van der Waals surface area contributed by atoms with E-state index >= 15 is 0 Å². The normalized spacial score (nSPS) is 12.6. The molecule has 0 radical (unpaired) electrons. The van der Waals surface area contributed by atoms with Crippen LogP contribution in [0, 0.1) is 5.41 Å². The van der Waals surface area contributed by atoms with Crippen LogP contribution in [0.5, 0.6) is 0 Å². The van der Waals surface area contributed by atoms with Crippen molar-refractivity contribution < 1.29 is 17.9 Å². The zero-order valence-electron chi connectivity index (χ0n) is 11.6. The summed E-state index contributed by atoms with van der Waals surface area (Å²) in [4.78, 5) is 3.85. The van der Waals surface area contributed by atoms with Gasteiger partial charge in [0.1, 0.15) is 11.0 Å². The van der Waals surface area contributed by atoms with Crippen LogP contribution in [0.1, 0.15) is 25.8 Å². The van der Waals surface area contributed by atoms with Crippen molar-refractivity contribution in [3.63, 3.8) is 0 Å². The molecule has 1 aromatic rings. The summed E-state index contributed by atoms with van der Waals surface area (Å²) in [5.41, 5.74) is -0.937. The molecule has 0 bridgehead atoms. The molecule has 0 aliphatic carbocycles. The largest absolute Gasteiger partial charge is 0.416 e. The second kappa shape index (κ2) is 6.63. The van der Waals surface area contributed by atoms with E-state index in [0.29, 0.717) is 13.2 Å². The fraction of sp³-hybridized carbons (Fsp3) is 0.615. The maximum atomic E-state index is 12.7. The minimum Gasteiger partial charge on any atom is -0.385 e. The molecule has 0 amide bonds. The van der Waals surface area contributed by atoms with Gasteiger partial charge in [0.05, 0.1) is 5.56 Å². The first-order valence-electron chi connectivity index (χ1n) is 6.12. The van der Waals surface area contributed by atoms with Crippen molar-refractivity contribution in [2.75, 3.05) is 25.6 Å². The average Bonchev–Trinajstić information content (AvgIpc) is 2.32. The van der Waals surface area contributed by atoms with Gasteiger partial charge in [0.2, 0.25) is 0 Å². The van der Waals surface area contributed by atoms with E-state index in [1.165, 1.54) is 0 Å². The van der Waals surface area contributed by atoms with Gasteiger partial charge in [-0.15, -0.1) is 0 Å². The van der Waals surface area contributed by atoms with Gasteiger partial charge in [0, 0.05) is 20.3 Å². The van der Waals surface area contributed by atoms with Crippen LogP contribution in [0.15, 0.2) is 12.1 Å². The molecule has 0 atom stereocenters. The van der Waals surface area contributed by atoms with Crippen molar-refractivity contribution in [3.05, 3.63) is 22.8 Å². The maximum Gasteiger partial charge on any atom is 0.416 e. The highest BCUT2D eigenvalue weighted by Gasteiger charge is 2.31. The molecule has 0 aliphatic rings. The Labute approximate surface area is 121 Å². The summed E-state index contributed by atoms with van der Waals surface area (Å²) in [6.07, 6.45) is -3.65. The zero-order valence-corrected chi connectivity index (χ0v) is 12.4. The van der Waals surface area contributed by atoms with Crippen molar-refractivity contribution in [1.82, 2.24) is 4.98 Å². The SMILES string of the molecule is COCCC(C)(C)CNc1cc(C(F)(F)F)cc(Cl)n1. The lowest BCUT2D eigenvalue weighted by Crippen LogP contribution is -2.25. The van der Waals surface area contributed by atoms with Crippen molar-refractivity contribution in [3.8, 4) is 0 Å². The molecule has 7 heteroatoms. The number of rotatable bonds is 6. The summed E-state index contributed by atoms with van der Waals surface area (Å²) in [6.45, 7) is 5.05. The van der Waals surface area contributed by atoms with E-state index in [4.69, 9.17) is 16.3 Å². The number of alkyl halides is 3. The highest BCUT2D eigenvalue weighted by atomic mass is 35.5. The Hall–Kier alpha value is -1.01. The lowest BCUT2D eigenvalue weighted by atomic mass is 9.90. The lowest BCUT2D eigenvalue weighted by Gasteiger charge is -2.25. The fourth-order valence-corrected chi connectivity index (χ4v) is 1.76. The molecular weight excluding hydrogens is 293 g/mol. The third-order valence-corrected chi connectivity index (χ3v) is 3.05. The molecule has 0 aromatic carbocycles. The van der Waals surface area contributed by atoms with Crippen LogP contribution in [-0.2, 0) is 10.9 Å². The number of hydrogen-bond donors (Lipinski definition) is 1. The van der Waals surface area contributed by atoms with Gasteiger partial charge in [-0.05, 0) is 24.0 Å². The number of pyridine rings is 1. The van der Waals surface area contributed by atoms with Crippen LogP contribution in [0.4, 0.5) is 19.0 Å². The van der Waals surface area contributed by atoms with Gasteiger partial charge in [-0.3, -0.25) is 0 Å². The molecule has 1 rings (SSSR count). The summed E-state index contributed by atoms with van der Waals surface area (Å²) in [5, 5.41) is 2.71. The summed E-state index contributed by atoms with van der Waals surface area (Å²) < 4.78 is 43.0. The van der Waals surface area contributed by atoms with Crippen molar-refractivity contribution in [2.45, 2.75) is 26.4 Å². The van der Waals surface area contributed by atoms with Gasteiger partial charge in [0.15, 0.2) is 0 Å². The van der Waals surface area contributed by atoms with Crippen LogP contribution in [-0.4, -0.2) is 25.2 Å². The number of ether oxygens (including phenoxy) is 1. The first-order chi connectivity index (χ1) is 9.14. The van der Waals surface area contributed by atoms with Gasteiger partial charge in [-0.1, -0.05) is 25.4 Å². The molecular formula is C13H18ClF3N2O. The van der Waals surface area contributed by atoms with Crippen LogP contribution in [0.25, 0.3) is 0 Å². The number of anilines is 1. The second-order valence-electron chi connectivity index (χ2n) is 5.32. The Morgan fingerprint density at radius 1 is 1.30 bits per heavy atom. The number of halogens is 4.